The van der Waals surface area contributed by atoms with E-state index in [4.69, 9.17) is 10.2 Å². The van der Waals surface area contributed by atoms with Crippen molar-refractivity contribution in [3.8, 4) is 0 Å². The van der Waals surface area contributed by atoms with Crippen LogP contribution in [-0.4, -0.2) is 41.7 Å². The molecule has 1 aromatic heterocycles. The molecule has 7 nitrogen and oxygen atoms in total. The fourth-order valence-electron chi connectivity index (χ4n) is 1.45. The Bertz CT molecular complexity index is 523. The zero-order valence-electron chi connectivity index (χ0n) is 9.82. The van der Waals surface area contributed by atoms with Gasteiger partial charge in [-0.2, -0.15) is 0 Å². The van der Waals surface area contributed by atoms with Crippen molar-refractivity contribution in [2.45, 2.75) is 36.6 Å². The van der Waals surface area contributed by atoms with Gasteiger partial charge in [0.1, 0.15) is 0 Å². The molecule has 0 bridgehead atoms. The van der Waals surface area contributed by atoms with Gasteiger partial charge in [0.15, 0.2) is 9.90 Å². The Morgan fingerprint density at radius 1 is 1.56 bits per heavy atom. The monoisotopic (exact) mass is 294 g/mol. The lowest BCUT2D eigenvalue weighted by atomic mass is 10.2. The number of rotatable bonds is 6. The van der Waals surface area contributed by atoms with E-state index in [1.165, 1.54) is 0 Å². The Morgan fingerprint density at radius 3 is 2.67 bits per heavy atom. The first-order chi connectivity index (χ1) is 8.24. The number of aromatic carboxylic acids is 1. The third-order valence-electron chi connectivity index (χ3n) is 2.03. The predicted octanol–water partition coefficient (Wildman–Crippen LogP) is 0.279. The largest absolute Gasteiger partial charge is 0.476 e. The van der Waals surface area contributed by atoms with Crippen LogP contribution in [0.25, 0.3) is 0 Å². The second-order valence-corrected chi connectivity index (χ2v) is 6.66. The van der Waals surface area contributed by atoms with Crippen LogP contribution in [-0.2, 0) is 10.0 Å². The van der Waals surface area contributed by atoms with Crippen LogP contribution in [0.2, 0.25) is 0 Å². The molecule has 2 atom stereocenters. The Hall–Kier alpha value is -1.03. The molecule has 2 unspecified atom stereocenters. The van der Waals surface area contributed by atoms with Crippen LogP contribution in [0, 0.1) is 0 Å². The maximum absolute atomic E-state index is 11.9. The van der Waals surface area contributed by atoms with Crippen molar-refractivity contribution in [2.24, 2.45) is 0 Å². The number of aliphatic hydroxyl groups is 1. The van der Waals surface area contributed by atoms with Crippen molar-refractivity contribution in [1.82, 2.24) is 9.71 Å². The van der Waals surface area contributed by atoms with Crippen LogP contribution in [0.3, 0.4) is 0 Å². The van der Waals surface area contributed by atoms with Crippen molar-refractivity contribution in [3.05, 3.63) is 11.2 Å². The van der Waals surface area contributed by atoms with Crippen molar-refractivity contribution >= 4 is 27.3 Å². The molecule has 0 radical (unpaired) electrons. The molecule has 3 N–H and O–H groups in total. The number of sulfonamides is 1. The van der Waals surface area contributed by atoms with E-state index in [0.717, 1.165) is 16.8 Å². The summed E-state index contributed by atoms with van der Waals surface area (Å²) < 4.78 is 25.8. The zero-order chi connectivity index (χ0) is 13.9. The minimum atomic E-state index is -3.92. The van der Waals surface area contributed by atoms with E-state index in [0.29, 0.717) is 0 Å². The Morgan fingerprint density at radius 2 is 2.17 bits per heavy atom. The Balaban J connectivity index is 2.93. The fourth-order valence-corrected chi connectivity index (χ4v) is 3.86. The molecular formula is C9H14N2O5S2. The molecule has 18 heavy (non-hydrogen) atoms. The molecule has 0 aliphatic rings. The van der Waals surface area contributed by atoms with E-state index in [1.54, 1.807) is 13.8 Å². The number of aromatic nitrogens is 1. The summed E-state index contributed by atoms with van der Waals surface area (Å²) in [6.07, 6.45) is -0.413. The summed E-state index contributed by atoms with van der Waals surface area (Å²) in [7, 11) is -3.92. The van der Waals surface area contributed by atoms with E-state index in [-0.39, 0.29) is 10.6 Å². The molecule has 0 spiro atoms. The quantitative estimate of drug-likeness (QED) is 0.694. The molecule has 0 saturated carbocycles. The number of carboxylic acids is 1. The van der Waals surface area contributed by atoms with Gasteiger partial charge in [-0.05, 0) is 20.3 Å². The second kappa shape index (κ2) is 5.74. The van der Waals surface area contributed by atoms with Gasteiger partial charge in [0.25, 0.3) is 10.0 Å². The molecule has 0 aromatic carbocycles. The molecule has 1 aromatic rings. The number of carbonyl (C=O) groups is 1. The van der Waals surface area contributed by atoms with Gasteiger partial charge in [-0.15, -0.1) is 11.3 Å². The molecular weight excluding hydrogens is 280 g/mol. The van der Waals surface area contributed by atoms with Gasteiger partial charge in [-0.1, -0.05) is 0 Å². The van der Waals surface area contributed by atoms with E-state index in [9.17, 15) is 13.2 Å². The summed E-state index contributed by atoms with van der Waals surface area (Å²) in [5.74, 6) is -1.39. The van der Waals surface area contributed by atoms with Crippen LogP contribution in [0.4, 0.5) is 0 Å². The third-order valence-corrected chi connectivity index (χ3v) is 4.99. The molecule has 0 aliphatic heterocycles. The average Bonchev–Trinajstić information content (AvgIpc) is 2.63. The lowest BCUT2D eigenvalue weighted by Crippen LogP contribution is -2.34. The van der Waals surface area contributed by atoms with Crippen LogP contribution in [0.1, 0.15) is 30.8 Å². The van der Waals surface area contributed by atoms with Gasteiger partial charge in [-0.3, -0.25) is 0 Å². The first-order valence-corrected chi connectivity index (χ1v) is 7.47. The van der Waals surface area contributed by atoms with Gasteiger partial charge >= 0.3 is 5.97 Å². The third kappa shape index (κ3) is 3.73. The minimum Gasteiger partial charge on any atom is -0.476 e. The summed E-state index contributed by atoms with van der Waals surface area (Å²) in [6.45, 7) is 3.13. The highest BCUT2D eigenvalue weighted by Crippen LogP contribution is 2.20. The first kappa shape index (κ1) is 15.0. The smallest absolute Gasteiger partial charge is 0.356 e. The van der Waals surface area contributed by atoms with Gasteiger partial charge < -0.3 is 10.2 Å². The Kier molecular flexibility index (Phi) is 4.79. The van der Waals surface area contributed by atoms with Crippen LogP contribution in [0.5, 0.6) is 0 Å². The number of aliphatic hydroxyl groups excluding tert-OH is 1. The van der Waals surface area contributed by atoms with Crippen LogP contribution < -0.4 is 4.72 Å². The summed E-state index contributed by atoms with van der Waals surface area (Å²) in [5, 5.41) is 18.0. The van der Waals surface area contributed by atoms with Crippen LogP contribution in [0.15, 0.2) is 9.72 Å². The summed E-state index contributed by atoms with van der Waals surface area (Å²) >= 11 is 0.741. The zero-order valence-corrected chi connectivity index (χ0v) is 11.5. The first-order valence-electron chi connectivity index (χ1n) is 5.11. The van der Waals surface area contributed by atoms with Crippen molar-refractivity contribution in [2.75, 3.05) is 0 Å². The molecule has 0 saturated heterocycles. The maximum atomic E-state index is 11.9. The van der Waals surface area contributed by atoms with Gasteiger partial charge in [-0.25, -0.2) is 22.9 Å². The molecule has 1 rings (SSSR count). The number of thiazole rings is 1. The summed E-state index contributed by atoms with van der Waals surface area (Å²) in [4.78, 5) is 14.3. The fraction of sp³-hybridized carbons (Fsp3) is 0.556. The molecule has 1 heterocycles. The maximum Gasteiger partial charge on any atom is 0.356 e. The summed E-state index contributed by atoms with van der Waals surface area (Å²) in [6, 6.07) is -0.501. The van der Waals surface area contributed by atoms with Gasteiger partial charge in [0, 0.05) is 6.04 Å². The topological polar surface area (TPSA) is 117 Å². The van der Waals surface area contributed by atoms with Crippen molar-refractivity contribution in [1.29, 1.82) is 0 Å². The number of nitrogens with zero attached hydrogens (tertiary/aromatic N) is 1. The van der Waals surface area contributed by atoms with Crippen molar-refractivity contribution < 1.29 is 23.4 Å². The van der Waals surface area contributed by atoms with Gasteiger partial charge in [0.05, 0.1) is 11.6 Å². The molecule has 102 valence electrons. The lowest BCUT2D eigenvalue weighted by molar-refractivity contribution is 0.0687. The standard InChI is InChI=1S/C9H14N2O5S2/c1-5(3-6(2)12)11-18(15,16)9-7(8(13)14)10-4-17-9/h4-6,11-12H,3H2,1-2H3,(H,13,14). The average molecular weight is 294 g/mol. The molecule has 9 heteroatoms. The highest BCUT2D eigenvalue weighted by molar-refractivity contribution is 7.91. The molecule has 0 fully saturated rings. The minimum absolute atomic E-state index is 0.237. The van der Waals surface area contributed by atoms with E-state index in [2.05, 4.69) is 9.71 Å². The summed E-state index contributed by atoms with van der Waals surface area (Å²) in [5.41, 5.74) is 0.675. The van der Waals surface area contributed by atoms with Crippen molar-refractivity contribution in [3.63, 3.8) is 0 Å². The Labute approximate surface area is 109 Å². The van der Waals surface area contributed by atoms with E-state index < -0.39 is 33.8 Å². The number of hydrogen-bond donors (Lipinski definition) is 3. The van der Waals surface area contributed by atoms with Crippen LogP contribution >= 0.6 is 11.3 Å². The highest BCUT2D eigenvalue weighted by atomic mass is 32.2. The molecule has 0 amide bonds. The van der Waals surface area contributed by atoms with E-state index in [1.807, 2.05) is 0 Å². The number of carboxylic acid groups (broad SMARTS) is 1. The highest BCUT2D eigenvalue weighted by Gasteiger charge is 2.27. The SMILES string of the molecule is CC(O)CC(C)NS(=O)(=O)c1scnc1C(=O)O. The lowest BCUT2D eigenvalue weighted by Gasteiger charge is -2.14. The second-order valence-electron chi connectivity index (χ2n) is 3.90. The van der Waals surface area contributed by atoms with E-state index >= 15 is 0 Å². The number of nitrogens with one attached hydrogen (secondary N) is 1. The van der Waals surface area contributed by atoms with Gasteiger partial charge in [0.2, 0.25) is 0 Å². The predicted molar refractivity (Wildman–Crippen MR) is 65.2 cm³/mol. The number of hydrogen-bond acceptors (Lipinski definition) is 6. The normalized spacial score (nSPS) is 15.3. The molecule has 0 aliphatic carbocycles.